The lowest BCUT2D eigenvalue weighted by atomic mass is 10.1. The highest BCUT2D eigenvalue weighted by atomic mass is 32.2. The highest BCUT2D eigenvalue weighted by Crippen LogP contribution is 2.32. The topological polar surface area (TPSA) is 98.1 Å². The van der Waals surface area contributed by atoms with Crippen LogP contribution in [0.2, 0.25) is 0 Å². The first kappa shape index (κ1) is 22.2. The van der Waals surface area contributed by atoms with E-state index >= 15 is 0 Å². The number of rotatable bonds is 8. The quantitative estimate of drug-likeness (QED) is 0.427. The van der Waals surface area contributed by atoms with Crippen molar-refractivity contribution in [3.8, 4) is 0 Å². The second kappa shape index (κ2) is 8.85. The first-order valence-corrected chi connectivity index (χ1v) is 13.1. The second-order valence-electron chi connectivity index (χ2n) is 7.28. The smallest absolute Gasteiger partial charge is 0.264 e. The lowest BCUT2D eigenvalue weighted by Gasteiger charge is -2.08. The standard InChI is InChI=1S/C23H23N3O4S2/c1-2-19-9-6-12-21-23(19)22(17-26(21)32(29,30)20-10-4-3-5-11-20)31(27,28)25-15-13-18-8-7-14-24-16-18/h3-12,14,16-17,25H,2,13,15H2,1H3. The summed E-state index contributed by atoms with van der Waals surface area (Å²) in [7, 11) is -7.94. The van der Waals surface area contributed by atoms with Gasteiger partial charge in [-0.25, -0.2) is 25.5 Å². The molecule has 0 saturated heterocycles. The molecule has 0 spiro atoms. The van der Waals surface area contributed by atoms with Crippen LogP contribution in [0.3, 0.4) is 0 Å². The summed E-state index contributed by atoms with van der Waals surface area (Å²) in [5.41, 5.74) is 2.00. The molecule has 0 fully saturated rings. The highest BCUT2D eigenvalue weighted by Gasteiger charge is 2.27. The van der Waals surface area contributed by atoms with Crippen molar-refractivity contribution in [2.45, 2.75) is 29.6 Å². The molecule has 1 N–H and O–H groups in total. The Morgan fingerprint density at radius 3 is 2.41 bits per heavy atom. The fourth-order valence-corrected chi connectivity index (χ4v) is 6.38. The van der Waals surface area contributed by atoms with Gasteiger partial charge in [0, 0.05) is 30.5 Å². The average molecular weight is 470 g/mol. The molecule has 2 aromatic carbocycles. The van der Waals surface area contributed by atoms with Gasteiger partial charge in [0.2, 0.25) is 10.0 Å². The molecule has 4 rings (SSSR count). The predicted octanol–water partition coefficient (Wildman–Crippen LogP) is 3.36. The molecule has 0 amide bonds. The van der Waals surface area contributed by atoms with Crippen molar-refractivity contribution in [3.05, 3.63) is 90.4 Å². The molecule has 0 atom stereocenters. The van der Waals surface area contributed by atoms with Crippen LogP contribution < -0.4 is 4.72 Å². The zero-order valence-corrected chi connectivity index (χ0v) is 19.1. The molecule has 0 unspecified atom stereocenters. The van der Waals surface area contributed by atoms with Crippen molar-refractivity contribution in [2.24, 2.45) is 0 Å². The monoisotopic (exact) mass is 469 g/mol. The lowest BCUT2D eigenvalue weighted by molar-refractivity contribution is 0.582. The third kappa shape index (κ3) is 4.19. The molecule has 9 heteroatoms. The van der Waals surface area contributed by atoms with Crippen LogP contribution in [0.4, 0.5) is 0 Å². The number of hydrogen-bond acceptors (Lipinski definition) is 5. The van der Waals surface area contributed by atoms with Crippen molar-refractivity contribution >= 4 is 30.9 Å². The van der Waals surface area contributed by atoms with Crippen molar-refractivity contribution in [2.75, 3.05) is 6.54 Å². The molecular weight excluding hydrogens is 446 g/mol. The summed E-state index contributed by atoms with van der Waals surface area (Å²) in [5.74, 6) is 0. The van der Waals surface area contributed by atoms with Crippen molar-refractivity contribution in [1.29, 1.82) is 0 Å². The Morgan fingerprint density at radius 1 is 0.938 bits per heavy atom. The van der Waals surface area contributed by atoms with Gasteiger partial charge in [0.15, 0.2) is 0 Å². The van der Waals surface area contributed by atoms with E-state index in [9.17, 15) is 16.8 Å². The first-order valence-electron chi connectivity index (χ1n) is 10.2. The molecule has 166 valence electrons. The summed E-state index contributed by atoms with van der Waals surface area (Å²) in [6.45, 7) is 2.07. The number of aryl methyl sites for hydroxylation is 1. The van der Waals surface area contributed by atoms with Crippen LogP contribution in [0, 0.1) is 0 Å². The Labute approximate surface area is 187 Å². The average Bonchev–Trinajstić information content (AvgIpc) is 3.22. The minimum atomic E-state index is -3.98. The molecule has 2 heterocycles. The van der Waals surface area contributed by atoms with Crippen LogP contribution in [0.25, 0.3) is 10.9 Å². The molecule has 7 nitrogen and oxygen atoms in total. The number of pyridine rings is 1. The van der Waals surface area contributed by atoms with Gasteiger partial charge in [-0.15, -0.1) is 0 Å². The van der Waals surface area contributed by atoms with E-state index in [0.29, 0.717) is 23.7 Å². The van der Waals surface area contributed by atoms with Crippen LogP contribution in [0.5, 0.6) is 0 Å². The highest BCUT2D eigenvalue weighted by molar-refractivity contribution is 7.91. The lowest BCUT2D eigenvalue weighted by Crippen LogP contribution is -2.26. The van der Waals surface area contributed by atoms with Crippen LogP contribution in [0.15, 0.2) is 89.0 Å². The van der Waals surface area contributed by atoms with Gasteiger partial charge in [-0.2, -0.15) is 0 Å². The van der Waals surface area contributed by atoms with E-state index in [1.165, 1.54) is 18.3 Å². The Morgan fingerprint density at radius 2 is 1.72 bits per heavy atom. The van der Waals surface area contributed by atoms with Crippen molar-refractivity contribution < 1.29 is 16.8 Å². The van der Waals surface area contributed by atoms with E-state index in [0.717, 1.165) is 15.1 Å². The zero-order chi connectivity index (χ0) is 22.8. The third-order valence-electron chi connectivity index (χ3n) is 5.25. The molecule has 0 saturated carbocycles. The summed E-state index contributed by atoms with van der Waals surface area (Å²) in [6.07, 6.45) is 5.57. The van der Waals surface area contributed by atoms with E-state index in [1.54, 1.807) is 48.8 Å². The molecular formula is C23H23N3O4S2. The van der Waals surface area contributed by atoms with E-state index in [1.807, 2.05) is 19.1 Å². The number of fused-ring (bicyclic) bond motifs is 1. The van der Waals surface area contributed by atoms with Crippen LogP contribution in [0.1, 0.15) is 18.1 Å². The summed E-state index contributed by atoms with van der Waals surface area (Å²) in [4.78, 5) is 4.08. The maximum absolute atomic E-state index is 13.3. The maximum atomic E-state index is 13.3. The molecule has 0 aliphatic heterocycles. The summed E-state index contributed by atoms with van der Waals surface area (Å²) in [6, 6.07) is 16.8. The number of aromatic nitrogens is 2. The molecule has 0 aliphatic rings. The van der Waals surface area contributed by atoms with E-state index in [2.05, 4.69) is 9.71 Å². The largest absolute Gasteiger partial charge is 0.268 e. The van der Waals surface area contributed by atoms with E-state index in [-0.39, 0.29) is 16.3 Å². The fourth-order valence-electron chi connectivity index (χ4n) is 3.65. The van der Waals surface area contributed by atoms with Gasteiger partial charge in [0.1, 0.15) is 4.90 Å². The van der Waals surface area contributed by atoms with Crippen molar-refractivity contribution in [3.63, 3.8) is 0 Å². The number of nitrogens with zero attached hydrogens (tertiary/aromatic N) is 2. The Balaban J connectivity index is 1.79. The maximum Gasteiger partial charge on any atom is 0.268 e. The summed E-state index contributed by atoms with van der Waals surface area (Å²) >= 11 is 0. The van der Waals surface area contributed by atoms with Crippen molar-refractivity contribution in [1.82, 2.24) is 13.7 Å². The molecule has 0 aliphatic carbocycles. The normalized spacial score (nSPS) is 12.3. The number of benzene rings is 2. The van der Waals surface area contributed by atoms with Crippen LogP contribution in [-0.2, 0) is 32.9 Å². The number of hydrogen-bond donors (Lipinski definition) is 1. The van der Waals surface area contributed by atoms with Crippen LogP contribution in [-0.4, -0.2) is 32.3 Å². The predicted molar refractivity (Wildman–Crippen MR) is 123 cm³/mol. The minimum Gasteiger partial charge on any atom is -0.264 e. The van der Waals surface area contributed by atoms with Gasteiger partial charge in [-0.05, 0) is 48.2 Å². The molecule has 32 heavy (non-hydrogen) atoms. The van der Waals surface area contributed by atoms with Gasteiger partial charge in [0.25, 0.3) is 10.0 Å². The molecule has 2 aromatic heterocycles. The number of sulfonamides is 1. The van der Waals surface area contributed by atoms with Gasteiger partial charge in [-0.3, -0.25) is 4.98 Å². The number of nitrogens with one attached hydrogen (secondary N) is 1. The van der Waals surface area contributed by atoms with Gasteiger partial charge in [-0.1, -0.05) is 43.3 Å². The Bertz CT molecular complexity index is 1450. The Kier molecular flexibility index (Phi) is 6.14. The summed E-state index contributed by atoms with van der Waals surface area (Å²) in [5, 5.41) is 0.420. The van der Waals surface area contributed by atoms with Gasteiger partial charge >= 0.3 is 0 Å². The fraction of sp³-hybridized carbons (Fsp3) is 0.174. The minimum absolute atomic E-state index is 0.0457. The van der Waals surface area contributed by atoms with E-state index < -0.39 is 20.0 Å². The first-order chi connectivity index (χ1) is 15.3. The second-order valence-corrected chi connectivity index (χ2v) is 10.8. The van der Waals surface area contributed by atoms with Gasteiger partial charge in [0.05, 0.1) is 10.4 Å². The third-order valence-corrected chi connectivity index (χ3v) is 8.41. The molecule has 0 radical (unpaired) electrons. The SMILES string of the molecule is CCc1cccc2c1c(S(=O)(=O)NCCc1cccnc1)cn2S(=O)(=O)c1ccccc1. The van der Waals surface area contributed by atoms with Gasteiger partial charge < -0.3 is 0 Å². The summed E-state index contributed by atoms with van der Waals surface area (Å²) < 4.78 is 56.8. The zero-order valence-electron chi connectivity index (χ0n) is 17.5. The molecule has 0 bridgehead atoms. The van der Waals surface area contributed by atoms with E-state index in [4.69, 9.17) is 0 Å². The Hall–Kier alpha value is -3.01. The van der Waals surface area contributed by atoms with Crippen LogP contribution >= 0.6 is 0 Å². The molecule has 4 aromatic rings.